The van der Waals surface area contributed by atoms with Crippen molar-refractivity contribution >= 4 is 5.96 Å². The fourth-order valence-corrected chi connectivity index (χ4v) is 1.27. The number of fused-ring (bicyclic) bond motifs is 1. The van der Waals surface area contributed by atoms with Gasteiger partial charge in [-0.15, -0.1) is 0 Å². The van der Waals surface area contributed by atoms with E-state index in [1.54, 1.807) is 17.3 Å². The predicted octanol–water partition coefficient (Wildman–Crippen LogP) is -1.76. The van der Waals surface area contributed by atoms with Crippen LogP contribution in [0.5, 0.6) is 0 Å². The summed E-state index contributed by atoms with van der Waals surface area (Å²) in [5.41, 5.74) is 12.1. The zero-order valence-corrected chi connectivity index (χ0v) is 6.44. The molecule has 0 aromatic heterocycles. The molecular formula is C6H10N6+. The maximum Gasteiger partial charge on any atom is 0.362 e. The highest BCUT2D eigenvalue weighted by molar-refractivity contribution is 5.87. The molecule has 0 aromatic rings. The number of nitrogens with zero attached hydrogens (tertiary/aromatic N) is 3. The summed E-state index contributed by atoms with van der Waals surface area (Å²) in [5, 5.41) is 1.49. The van der Waals surface area contributed by atoms with Crippen molar-refractivity contribution in [3.63, 3.8) is 0 Å². The van der Waals surface area contributed by atoms with E-state index in [4.69, 9.17) is 17.3 Å². The van der Waals surface area contributed by atoms with E-state index in [9.17, 15) is 0 Å². The van der Waals surface area contributed by atoms with E-state index >= 15 is 0 Å². The van der Waals surface area contributed by atoms with Gasteiger partial charge in [-0.2, -0.15) is 4.99 Å². The monoisotopic (exact) mass is 166 g/mol. The Bertz CT molecular complexity index is 301. The Hall–Kier alpha value is -1.53. The van der Waals surface area contributed by atoms with Crippen LogP contribution < -0.4 is 22.2 Å². The van der Waals surface area contributed by atoms with Gasteiger partial charge >= 0.3 is 5.96 Å². The van der Waals surface area contributed by atoms with Crippen LogP contribution in [0, 0.1) is 0 Å². The van der Waals surface area contributed by atoms with Gasteiger partial charge in [-0.25, -0.2) is 5.84 Å². The van der Waals surface area contributed by atoms with E-state index < -0.39 is 0 Å². The Morgan fingerprint density at radius 1 is 1.50 bits per heavy atom. The molecule has 6 heteroatoms. The van der Waals surface area contributed by atoms with Crippen LogP contribution in [-0.2, 0) is 0 Å². The molecule has 0 saturated carbocycles. The molecule has 63 valence electrons. The van der Waals surface area contributed by atoms with Crippen LogP contribution in [-0.4, -0.2) is 17.5 Å². The molecule has 1 radical (unpaired) electrons. The molecule has 0 unspecified atom stereocenters. The minimum absolute atomic E-state index is 0.395. The number of aliphatic imine (C=N–C) groups is 1. The second-order valence-corrected chi connectivity index (χ2v) is 2.67. The van der Waals surface area contributed by atoms with Gasteiger partial charge in [0.25, 0.3) is 5.82 Å². The maximum absolute atomic E-state index is 5.66. The van der Waals surface area contributed by atoms with Gasteiger partial charge in [0, 0.05) is 0 Å². The normalized spacial score (nSPS) is 23.1. The van der Waals surface area contributed by atoms with Crippen LogP contribution in [0.2, 0.25) is 0 Å². The van der Waals surface area contributed by atoms with Crippen molar-refractivity contribution in [2.75, 3.05) is 6.54 Å². The first-order chi connectivity index (χ1) is 5.68. The van der Waals surface area contributed by atoms with Gasteiger partial charge in [0.2, 0.25) is 5.70 Å². The molecule has 0 aromatic carbocycles. The summed E-state index contributed by atoms with van der Waals surface area (Å²) in [6, 6.07) is 0. The number of hydrogen-bond acceptors (Lipinski definition) is 6. The summed E-state index contributed by atoms with van der Waals surface area (Å²) in [6.45, 7) is 0.574. The van der Waals surface area contributed by atoms with Gasteiger partial charge in [0.1, 0.15) is 12.7 Å². The summed E-state index contributed by atoms with van der Waals surface area (Å²) in [5.74, 6) is 6.43. The fraction of sp³-hybridized carbons (Fsp3) is 0.167. The van der Waals surface area contributed by atoms with Gasteiger partial charge in [0.05, 0.1) is 6.20 Å². The quantitative estimate of drug-likeness (QED) is 0.293. The minimum atomic E-state index is 0.395. The smallest absolute Gasteiger partial charge is 0.349 e. The summed E-state index contributed by atoms with van der Waals surface area (Å²) in [7, 11) is 0. The first-order valence-electron chi connectivity index (χ1n) is 3.49. The molecule has 0 atom stereocenters. The Morgan fingerprint density at radius 2 is 2.25 bits per heavy atom. The van der Waals surface area contributed by atoms with Crippen molar-refractivity contribution in [1.29, 1.82) is 0 Å². The highest BCUT2D eigenvalue weighted by Crippen LogP contribution is 2.16. The number of nitrogens with two attached hydrogens (primary N) is 3. The molecule has 0 bridgehead atoms. The van der Waals surface area contributed by atoms with Crippen LogP contribution in [0.3, 0.4) is 0 Å². The molecule has 0 saturated heterocycles. The lowest BCUT2D eigenvalue weighted by Gasteiger charge is -2.19. The summed E-state index contributed by atoms with van der Waals surface area (Å²) in [6.07, 6.45) is 3.28. The highest BCUT2D eigenvalue weighted by atomic mass is 15.5. The van der Waals surface area contributed by atoms with Crippen LogP contribution >= 0.6 is 0 Å². The third-order valence-corrected chi connectivity index (χ3v) is 1.76. The third kappa shape index (κ3) is 0.858. The molecule has 0 aliphatic carbocycles. The molecule has 0 spiro atoms. The average Bonchev–Trinajstić information content (AvgIpc) is 2.31. The number of hydrogen-bond donors (Lipinski definition) is 3. The molecular weight excluding hydrogens is 156 g/mol. The Balaban J connectivity index is 2.36. The second kappa shape index (κ2) is 2.23. The van der Waals surface area contributed by atoms with Gasteiger partial charge in [-0.1, -0.05) is 0 Å². The zero-order valence-electron chi connectivity index (χ0n) is 6.44. The Morgan fingerprint density at radius 3 is 3.00 bits per heavy atom. The standard InChI is InChI=1S/C6H10N6/c7-5-3-11(9)2-4-1-10-6(8)12(4)5/h1,3H,2,7,9H2,(H2,8,10)/q+1. The van der Waals surface area contributed by atoms with E-state index in [1.165, 1.54) is 5.01 Å². The maximum atomic E-state index is 5.66. The molecule has 2 aliphatic rings. The molecule has 12 heavy (non-hydrogen) atoms. The van der Waals surface area contributed by atoms with Crippen molar-refractivity contribution < 1.29 is 0 Å². The molecule has 6 nitrogen and oxygen atoms in total. The second-order valence-electron chi connectivity index (χ2n) is 2.67. The predicted molar refractivity (Wildman–Crippen MR) is 45.0 cm³/mol. The number of guanidine groups is 1. The number of hydrazine groups is 1. The van der Waals surface area contributed by atoms with Gasteiger partial charge in [0.15, 0.2) is 0 Å². The first kappa shape index (κ1) is 7.14. The average molecular weight is 166 g/mol. The molecule has 0 fully saturated rings. The summed E-state index contributed by atoms with van der Waals surface area (Å²) < 4.78 is 0. The van der Waals surface area contributed by atoms with E-state index in [-0.39, 0.29) is 0 Å². The van der Waals surface area contributed by atoms with Crippen LogP contribution in [0.15, 0.2) is 28.9 Å². The van der Waals surface area contributed by atoms with Gasteiger partial charge in [-0.05, 0) is 4.90 Å². The Kier molecular flexibility index (Phi) is 1.32. The lowest BCUT2D eigenvalue weighted by Crippen LogP contribution is -2.49. The van der Waals surface area contributed by atoms with Crippen molar-refractivity contribution in [2.24, 2.45) is 22.3 Å². The lowest BCUT2D eigenvalue weighted by molar-refractivity contribution is 0.383. The van der Waals surface area contributed by atoms with Crippen LogP contribution in [0.4, 0.5) is 0 Å². The molecule has 6 N–H and O–H groups in total. The Labute approximate surface area is 69.6 Å². The van der Waals surface area contributed by atoms with Crippen LogP contribution in [0.25, 0.3) is 0 Å². The summed E-state index contributed by atoms with van der Waals surface area (Å²) in [4.78, 5) is 5.59. The van der Waals surface area contributed by atoms with Crippen LogP contribution in [0.1, 0.15) is 0 Å². The van der Waals surface area contributed by atoms with Gasteiger partial charge < -0.3 is 16.5 Å². The zero-order chi connectivity index (χ0) is 8.72. The molecule has 2 aliphatic heterocycles. The third-order valence-electron chi connectivity index (χ3n) is 1.76. The van der Waals surface area contributed by atoms with Crippen molar-refractivity contribution in [3.8, 4) is 0 Å². The SMILES string of the molecule is NC1=CN(N)CC2=CN=C(N)[N+]12. The fourth-order valence-electron chi connectivity index (χ4n) is 1.27. The van der Waals surface area contributed by atoms with E-state index in [2.05, 4.69) is 4.99 Å². The van der Waals surface area contributed by atoms with Crippen molar-refractivity contribution in [1.82, 2.24) is 9.91 Å². The molecule has 0 amide bonds. The van der Waals surface area contributed by atoms with Crippen molar-refractivity contribution in [3.05, 3.63) is 23.9 Å². The number of rotatable bonds is 0. The van der Waals surface area contributed by atoms with E-state index in [1.807, 2.05) is 0 Å². The minimum Gasteiger partial charge on any atom is -0.349 e. The first-order valence-corrected chi connectivity index (χ1v) is 3.49. The van der Waals surface area contributed by atoms with E-state index in [0.29, 0.717) is 18.3 Å². The summed E-state index contributed by atoms with van der Waals surface area (Å²) >= 11 is 0. The van der Waals surface area contributed by atoms with Crippen molar-refractivity contribution in [2.45, 2.75) is 0 Å². The van der Waals surface area contributed by atoms with Gasteiger partial charge in [-0.3, -0.25) is 0 Å². The molecule has 2 rings (SSSR count). The van der Waals surface area contributed by atoms with E-state index in [0.717, 1.165) is 5.70 Å². The largest absolute Gasteiger partial charge is 0.362 e. The lowest BCUT2D eigenvalue weighted by atomic mass is 10.3. The highest BCUT2D eigenvalue weighted by Gasteiger charge is 2.39. The molecule has 2 heterocycles. The topological polar surface area (TPSA) is 99.6 Å².